The van der Waals surface area contributed by atoms with Crippen LogP contribution < -0.4 is 20.5 Å². The van der Waals surface area contributed by atoms with E-state index in [1.165, 1.54) is 0 Å². The molecule has 0 unspecified atom stereocenters. The van der Waals surface area contributed by atoms with Crippen LogP contribution in [-0.4, -0.2) is 43.3 Å². The van der Waals surface area contributed by atoms with Gasteiger partial charge in [0.15, 0.2) is 18.2 Å². The third kappa shape index (κ3) is 4.77. The van der Waals surface area contributed by atoms with Gasteiger partial charge in [0.25, 0.3) is 0 Å². The molecule has 1 fully saturated rings. The maximum atomic E-state index is 12.1. The van der Waals surface area contributed by atoms with Crippen LogP contribution >= 0.6 is 0 Å². The average molecular weight is 321 g/mol. The summed E-state index contributed by atoms with van der Waals surface area (Å²) in [7, 11) is 0. The van der Waals surface area contributed by atoms with Crippen molar-refractivity contribution in [3.8, 4) is 11.5 Å². The van der Waals surface area contributed by atoms with Gasteiger partial charge in [-0.25, -0.2) is 4.79 Å². The lowest BCUT2D eigenvalue weighted by atomic mass is 9.97. The van der Waals surface area contributed by atoms with E-state index in [9.17, 15) is 9.59 Å². The standard InChI is InChI=1S/C16H23N3O4/c1-2-22-13-5-3-4-6-14(13)23-11-18-16(21)19-9-7-12(8-10-19)15(17)20/h3-6,12H,2,7-11H2,1H3,(H2,17,20)(H,18,21). The lowest BCUT2D eigenvalue weighted by molar-refractivity contribution is -0.123. The van der Waals surface area contributed by atoms with Crippen LogP contribution in [0, 0.1) is 5.92 Å². The molecule has 1 heterocycles. The van der Waals surface area contributed by atoms with Crippen LogP contribution in [0.3, 0.4) is 0 Å². The number of piperidine rings is 1. The zero-order valence-electron chi connectivity index (χ0n) is 13.3. The number of hydrogen-bond acceptors (Lipinski definition) is 4. The van der Waals surface area contributed by atoms with Gasteiger partial charge < -0.3 is 25.4 Å². The maximum absolute atomic E-state index is 12.1. The summed E-state index contributed by atoms with van der Waals surface area (Å²) in [6.45, 7) is 3.54. The molecular weight excluding hydrogens is 298 g/mol. The van der Waals surface area contributed by atoms with Crippen molar-refractivity contribution in [3.05, 3.63) is 24.3 Å². The fraction of sp³-hybridized carbons (Fsp3) is 0.500. The number of nitrogens with two attached hydrogens (primary N) is 1. The number of nitrogens with one attached hydrogen (secondary N) is 1. The first-order valence-electron chi connectivity index (χ1n) is 7.78. The molecule has 1 aliphatic rings. The first-order valence-corrected chi connectivity index (χ1v) is 7.78. The summed E-state index contributed by atoms with van der Waals surface area (Å²) >= 11 is 0. The molecule has 0 spiro atoms. The Bertz CT molecular complexity index is 542. The summed E-state index contributed by atoms with van der Waals surface area (Å²) in [5.41, 5.74) is 5.28. The van der Waals surface area contributed by atoms with Crippen molar-refractivity contribution >= 4 is 11.9 Å². The molecule has 0 bridgehead atoms. The molecular formula is C16H23N3O4. The number of nitrogens with zero attached hydrogens (tertiary/aromatic N) is 1. The number of benzene rings is 1. The van der Waals surface area contributed by atoms with Crippen molar-refractivity contribution in [2.45, 2.75) is 19.8 Å². The third-order valence-corrected chi connectivity index (χ3v) is 3.78. The molecule has 3 N–H and O–H groups in total. The Labute approximate surface area is 135 Å². The zero-order valence-corrected chi connectivity index (χ0v) is 13.3. The van der Waals surface area contributed by atoms with Crippen LogP contribution in [0.1, 0.15) is 19.8 Å². The van der Waals surface area contributed by atoms with Crippen LogP contribution in [0.2, 0.25) is 0 Å². The first-order chi connectivity index (χ1) is 11.1. The molecule has 0 radical (unpaired) electrons. The summed E-state index contributed by atoms with van der Waals surface area (Å²) in [6.07, 6.45) is 1.22. The topological polar surface area (TPSA) is 93.9 Å². The van der Waals surface area contributed by atoms with Gasteiger partial charge in [-0.3, -0.25) is 4.79 Å². The van der Waals surface area contributed by atoms with Crippen molar-refractivity contribution in [2.75, 3.05) is 26.4 Å². The van der Waals surface area contributed by atoms with Gasteiger partial charge >= 0.3 is 6.03 Å². The van der Waals surface area contributed by atoms with E-state index in [2.05, 4.69) is 5.32 Å². The fourth-order valence-corrected chi connectivity index (χ4v) is 2.50. The minimum Gasteiger partial charge on any atom is -0.490 e. The summed E-state index contributed by atoms with van der Waals surface area (Å²) in [6, 6.07) is 7.10. The number of carbonyl (C=O) groups excluding carboxylic acids is 2. The van der Waals surface area contributed by atoms with E-state index >= 15 is 0 Å². The molecule has 2 rings (SSSR count). The predicted molar refractivity (Wildman–Crippen MR) is 85.1 cm³/mol. The second-order valence-corrected chi connectivity index (χ2v) is 5.31. The second kappa shape index (κ2) is 8.26. The Morgan fingerprint density at radius 2 is 1.83 bits per heavy atom. The second-order valence-electron chi connectivity index (χ2n) is 5.31. The Kier molecular flexibility index (Phi) is 6.08. The normalized spacial score (nSPS) is 15.1. The number of primary amides is 1. The number of hydrogen-bond donors (Lipinski definition) is 2. The molecule has 0 aromatic heterocycles. The Balaban J connectivity index is 1.76. The molecule has 126 valence electrons. The Morgan fingerprint density at radius 3 is 2.39 bits per heavy atom. The van der Waals surface area contributed by atoms with E-state index in [1.807, 2.05) is 25.1 Å². The van der Waals surface area contributed by atoms with Crippen molar-refractivity contribution < 1.29 is 19.1 Å². The highest BCUT2D eigenvalue weighted by molar-refractivity contribution is 5.78. The SMILES string of the molecule is CCOc1ccccc1OCNC(=O)N1CCC(C(N)=O)CC1. The molecule has 7 heteroatoms. The smallest absolute Gasteiger partial charge is 0.320 e. The van der Waals surface area contributed by atoms with Gasteiger partial charge in [0, 0.05) is 19.0 Å². The molecule has 3 amide bonds. The molecule has 7 nitrogen and oxygen atoms in total. The summed E-state index contributed by atoms with van der Waals surface area (Å²) in [4.78, 5) is 24.8. The number of amides is 3. The predicted octanol–water partition coefficient (Wildman–Crippen LogP) is 1.33. The van der Waals surface area contributed by atoms with Crippen LogP contribution in [-0.2, 0) is 4.79 Å². The van der Waals surface area contributed by atoms with E-state index in [4.69, 9.17) is 15.2 Å². The molecule has 1 aliphatic heterocycles. The Hall–Kier alpha value is -2.44. The maximum Gasteiger partial charge on any atom is 0.320 e. The summed E-state index contributed by atoms with van der Waals surface area (Å²) in [5, 5.41) is 2.71. The monoisotopic (exact) mass is 321 g/mol. The number of urea groups is 1. The van der Waals surface area contributed by atoms with Gasteiger partial charge in [0.1, 0.15) is 0 Å². The molecule has 1 aromatic carbocycles. The average Bonchev–Trinajstić information content (AvgIpc) is 2.56. The third-order valence-electron chi connectivity index (χ3n) is 3.78. The lowest BCUT2D eigenvalue weighted by Crippen LogP contribution is -2.47. The number of para-hydroxylation sites is 2. The first kappa shape index (κ1) is 16.9. The quantitative estimate of drug-likeness (QED) is 0.773. The van der Waals surface area contributed by atoms with Gasteiger partial charge in [0.05, 0.1) is 6.61 Å². The molecule has 23 heavy (non-hydrogen) atoms. The number of rotatable bonds is 6. The highest BCUT2D eigenvalue weighted by Gasteiger charge is 2.25. The van der Waals surface area contributed by atoms with Crippen LogP contribution in [0.25, 0.3) is 0 Å². The lowest BCUT2D eigenvalue weighted by Gasteiger charge is -2.30. The summed E-state index contributed by atoms with van der Waals surface area (Å²) in [5.74, 6) is 0.808. The number of ether oxygens (including phenoxy) is 2. The van der Waals surface area contributed by atoms with Crippen molar-refractivity contribution in [1.82, 2.24) is 10.2 Å². The highest BCUT2D eigenvalue weighted by atomic mass is 16.5. The van der Waals surface area contributed by atoms with Gasteiger partial charge in [0.2, 0.25) is 5.91 Å². The Morgan fingerprint density at radius 1 is 1.22 bits per heavy atom. The van der Waals surface area contributed by atoms with Crippen LogP contribution in [0.4, 0.5) is 4.79 Å². The summed E-state index contributed by atoms with van der Waals surface area (Å²) < 4.78 is 11.0. The van der Waals surface area contributed by atoms with Gasteiger partial charge in [-0.05, 0) is 31.9 Å². The van der Waals surface area contributed by atoms with E-state index in [0.29, 0.717) is 44.0 Å². The van der Waals surface area contributed by atoms with Crippen LogP contribution in [0.15, 0.2) is 24.3 Å². The number of carbonyl (C=O) groups is 2. The molecule has 0 atom stereocenters. The fourth-order valence-electron chi connectivity index (χ4n) is 2.50. The highest BCUT2D eigenvalue weighted by Crippen LogP contribution is 2.26. The van der Waals surface area contributed by atoms with E-state index in [-0.39, 0.29) is 24.6 Å². The molecule has 1 aromatic rings. The van der Waals surface area contributed by atoms with Gasteiger partial charge in [-0.15, -0.1) is 0 Å². The largest absolute Gasteiger partial charge is 0.490 e. The van der Waals surface area contributed by atoms with Crippen molar-refractivity contribution in [3.63, 3.8) is 0 Å². The van der Waals surface area contributed by atoms with Crippen LogP contribution in [0.5, 0.6) is 11.5 Å². The molecule has 0 aliphatic carbocycles. The van der Waals surface area contributed by atoms with Crippen molar-refractivity contribution in [2.24, 2.45) is 11.7 Å². The van der Waals surface area contributed by atoms with Gasteiger partial charge in [-0.1, -0.05) is 12.1 Å². The zero-order chi connectivity index (χ0) is 16.7. The van der Waals surface area contributed by atoms with E-state index in [1.54, 1.807) is 11.0 Å². The van der Waals surface area contributed by atoms with E-state index < -0.39 is 0 Å². The van der Waals surface area contributed by atoms with E-state index in [0.717, 1.165) is 0 Å². The van der Waals surface area contributed by atoms with Gasteiger partial charge in [-0.2, -0.15) is 0 Å². The molecule has 1 saturated heterocycles. The minimum atomic E-state index is -0.291. The minimum absolute atomic E-state index is 0.0542. The van der Waals surface area contributed by atoms with Crippen molar-refractivity contribution in [1.29, 1.82) is 0 Å². The molecule has 0 saturated carbocycles. The number of likely N-dealkylation sites (tertiary alicyclic amines) is 1.